The molecule has 0 aliphatic heterocycles. The molecule has 2 aromatic rings. The summed E-state index contributed by atoms with van der Waals surface area (Å²) in [4.78, 5) is 4.44. The molecule has 0 aliphatic carbocycles. The first-order chi connectivity index (χ1) is 8.74. The van der Waals surface area contributed by atoms with Crippen LogP contribution in [-0.2, 0) is 12.8 Å². The summed E-state index contributed by atoms with van der Waals surface area (Å²) >= 11 is 3.36. The van der Waals surface area contributed by atoms with Gasteiger partial charge >= 0.3 is 0 Å². The number of nitrogens with zero attached hydrogens (tertiary/aromatic N) is 1. The van der Waals surface area contributed by atoms with E-state index in [1.54, 1.807) is 6.26 Å². The molecular formula is C13H16BrN3O. The molecule has 0 saturated carbocycles. The van der Waals surface area contributed by atoms with Crippen LogP contribution >= 0.6 is 15.9 Å². The third kappa shape index (κ3) is 2.98. The third-order valence-electron chi connectivity index (χ3n) is 2.93. The summed E-state index contributed by atoms with van der Waals surface area (Å²) in [5.41, 5.74) is 6.03. The van der Waals surface area contributed by atoms with Crippen molar-refractivity contribution < 1.29 is 4.42 Å². The van der Waals surface area contributed by atoms with Gasteiger partial charge in [-0.2, -0.15) is 0 Å². The molecule has 0 bridgehead atoms. The molecule has 4 nitrogen and oxygen atoms in total. The van der Waals surface area contributed by atoms with Gasteiger partial charge in [-0.15, -0.1) is 0 Å². The van der Waals surface area contributed by atoms with Gasteiger partial charge in [-0.25, -0.2) is 0 Å². The van der Waals surface area contributed by atoms with E-state index in [-0.39, 0.29) is 6.04 Å². The Morgan fingerprint density at radius 3 is 2.78 bits per heavy atom. The molecule has 1 atom stereocenters. The van der Waals surface area contributed by atoms with E-state index in [2.05, 4.69) is 39.3 Å². The van der Waals surface area contributed by atoms with Crippen LogP contribution in [0.15, 0.2) is 39.7 Å². The summed E-state index contributed by atoms with van der Waals surface area (Å²) < 4.78 is 5.93. The Morgan fingerprint density at radius 2 is 2.28 bits per heavy atom. The van der Waals surface area contributed by atoms with Crippen molar-refractivity contribution in [3.8, 4) is 0 Å². The van der Waals surface area contributed by atoms with E-state index in [4.69, 9.17) is 10.3 Å². The number of aromatic nitrogens is 1. The summed E-state index contributed by atoms with van der Waals surface area (Å²) in [6.07, 6.45) is 5.27. The molecule has 0 fully saturated rings. The van der Waals surface area contributed by atoms with Crippen LogP contribution in [0.4, 0.5) is 0 Å². The fourth-order valence-corrected chi connectivity index (χ4v) is 2.32. The first kappa shape index (κ1) is 13.3. The maximum Gasteiger partial charge on any atom is 0.173 e. The van der Waals surface area contributed by atoms with Crippen molar-refractivity contribution in [3.05, 3.63) is 52.1 Å². The van der Waals surface area contributed by atoms with Gasteiger partial charge in [-0.3, -0.25) is 16.3 Å². The number of aryl methyl sites for hydroxylation is 1. The number of rotatable bonds is 5. The van der Waals surface area contributed by atoms with E-state index in [0.29, 0.717) is 4.67 Å². The lowest BCUT2D eigenvalue weighted by molar-refractivity contribution is 0.504. The second-order valence-electron chi connectivity index (χ2n) is 4.08. The molecule has 96 valence electrons. The second-order valence-corrected chi connectivity index (χ2v) is 4.80. The zero-order valence-corrected chi connectivity index (χ0v) is 11.8. The predicted octanol–water partition coefficient (Wildman–Crippen LogP) is 2.75. The standard InChI is InChI=1S/C13H16BrN3O/c1-2-9-3-4-10(16-8-9)7-12(17-15)11-5-6-18-13(11)14/h3-6,8,12,17H,2,7,15H2,1H3. The summed E-state index contributed by atoms with van der Waals surface area (Å²) in [6, 6.07) is 6.02. The molecule has 1 unspecified atom stereocenters. The van der Waals surface area contributed by atoms with Crippen LogP contribution in [0.1, 0.15) is 29.8 Å². The normalized spacial score (nSPS) is 12.6. The molecule has 0 aliphatic rings. The second kappa shape index (κ2) is 6.13. The maximum absolute atomic E-state index is 5.60. The van der Waals surface area contributed by atoms with Crippen LogP contribution in [-0.4, -0.2) is 4.98 Å². The number of nitrogens with two attached hydrogens (primary N) is 1. The highest BCUT2D eigenvalue weighted by molar-refractivity contribution is 9.10. The predicted molar refractivity (Wildman–Crippen MR) is 73.8 cm³/mol. The van der Waals surface area contributed by atoms with Crippen LogP contribution in [0.3, 0.4) is 0 Å². The lowest BCUT2D eigenvalue weighted by Gasteiger charge is -2.14. The average molecular weight is 310 g/mol. The van der Waals surface area contributed by atoms with Crippen molar-refractivity contribution in [2.45, 2.75) is 25.8 Å². The Bertz CT molecular complexity index is 495. The fraction of sp³-hybridized carbons (Fsp3) is 0.308. The van der Waals surface area contributed by atoms with E-state index in [1.165, 1.54) is 5.56 Å². The van der Waals surface area contributed by atoms with Gasteiger partial charge in [0, 0.05) is 23.9 Å². The van der Waals surface area contributed by atoms with Crippen molar-refractivity contribution in [2.24, 2.45) is 5.84 Å². The average Bonchev–Trinajstić information content (AvgIpc) is 2.83. The smallest absolute Gasteiger partial charge is 0.173 e. The minimum absolute atomic E-state index is 0.0156. The Balaban J connectivity index is 2.13. The minimum atomic E-state index is -0.0156. The van der Waals surface area contributed by atoms with Crippen LogP contribution in [0, 0.1) is 0 Å². The van der Waals surface area contributed by atoms with Crippen molar-refractivity contribution in [2.75, 3.05) is 0 Å². The first-order valence-corrected chi connectivity index (χ1v) is 6.66. The summed E-state index contributed by atoms with van der Waals surface area (Å²) in [6.45, 7) is 2.11. The van der Waals surface area contributed by atoms with E-state index in [9.17, 15) is 0 Å². The highest BCUT2D eigenvalue weighted by atomic mass is 79.9. The Kier molecular flexibility index (Phi) is 4.52. The van der Waals surface area contributed by atoms with E-state index >= 15 is 0 Å². The molecule has 0 amide bonds. The summed E-state index contributed by atoms with van der Waals surface area (Å²) in [5, 5.41) is 0. The van der Waals surface area contributed by atoms with Crippen molar-refractivity contribution in [3.63, 3.8) is 0 Å². The third-order valence-corrected chi connectivity index (χ3v) is 3.57. The first-order valence-electron chi connectivity index (χ1n) is 5.87. The molecule has 2 aromatic heterocycles. The minimum Gasteiger partial charge on any atom is -0.457 e. The zero-order chi connectivity index (χ0) is 13.0. The quantitative estimate of drug-likeness (QED) is 0.658. The topological polar surface area (TPSA) is 64.1 Å². The number of nitrogens with one attached hydrogen (secondary N) is 1. The zero-order valence-electron chi connectivity index (χ0n) is 10.2. The molecule has 2 rings (SSSR count). The lowest BCUT2D eigenvalue weighted by Crippen LogP contribution is -2.29. The number of hydrogen-bond donors (Lipinski definition) is 2. The van der Waals surface area contributed by atoms with Gasteiger partial charge in [0.25, 0.3) is 0 Å². The highest BCUT2D eigenvalue weighted by Gasteiger charge is 2.16. The molecule has 0 saturated heterocycles. The van der Waals surface area contributed by atoms with E-state index < -0.39 is 0 Å². The van der Waals surface area contributed by atoms with Crippen molar-refractivity contribution >= 4 is 15.9 Å². The number of halogens is 1. The van der Waals surface area contributed by atoms with Gasteiger partial charge < -0.3 is 4.42 Å². The van der Waals surface area contributed by atoms with Crippen LogP contribution in [0.5, 0.6) is 0 Å². The fourth-order valence-electron chi connectivity index (χ4n) is 1.81. The molecule has 18 heavy (non-hydrogen) atoms. The SMILES string of the molecule is CCc1ccc(CC(NN)c2ccoc2Br)nc1. The number of pyridine rings is 1. The monoisotopic (exact) mass is 309 g/mol. The summed E-state index contributed by atoms with van der Waals surface area (Å²) in [7, 11) is 0. The molecular weight excluding hydrogens is 294 g/mol. The molecule has 2 heterocycles. The largest absolute Gasteiger partial charge is 0.457 e. The Morgan fingerprint density at radius 1 is 1.44 bits per heavy atom. The van der Waals surface area contributed by atoms with Crippen molar-refractivity contribution in [1.82, 2.24) is 10.4 Å². The van der Waals surface area contributed by atoms with E-state index in [0.717, 1.165) is 24.1 Å². The highest BCUT2D eigenvalue weighted by Crippen LogP contribution is 2.26. The van der Waals surface area contributed by atoms with Gasteiger partial charge in [0.1, 0.15) is 0 Å². The van der Waals surface area contributed by atoms with Gasteiger partial charge in [0.2, 0.25) is 0 Å². The van der Waals surface area contributed by atoms with Gasteiger partial charge in [-0.05, 0) is 40.0 Å². The van der Waals surface area contributed by atoms with Gasteiger partial charge in [0.05, 0.1) is 12.3 Å². The number of furan rings is 1. The van der Waals surface area contributed by atoms with Crippen LogP contribution in [0.25, 0.3) is 0 Å². The molecule has 0 spiro atoms. The lowest BCUT2D eigenvalue weighted by atomic mass is 10.0. The van der Waals surface area contributed by atoms with E-state index in [1.807, 2.05) is 18.3 Å². The Labute approximate surface area is 115 Å². The number of hydrazine groups is 1. The van der Waals surface area contributed by atoms with Gasteiger partial charge in [0.15, 0.2) is 4.67 Å². The molecule has 0 aromatic carbocycles. The molecule has 0 radical (unpaired) electrons. The van der Waals surface area contributed by atoms with Crippen molar-refractivity contribution in [1.29, 1.82) is 0 Å². The maximum atomic E-state index is 5.60. The molecule has 3 N–H and O–H groups in total. The molecule has 5 heteroatoms. The summed E-state index contributed by atoms with van der Waals surface area (Å²) in [5.74, 6) is 5.60. The van der Waals surface area contributed by atoms with Crippen LogP contribution in [0.2, 0.25) is 0 Å². The number of hydrogen-bond acceptors (Lipinski definition) is 4. The Hall–Kier alpha value is -1.17. The van der Waals surface area contributed by atoms with Gasteiger partial charge in [-0.1, -0.05) is 13.0 Å². The van der Waals surface area contributed by atoms with Crippen LogP contribution < -0.4 is 11.3 Å².